The zero-order valence-electron chi connectivity index (χ0n) is 12.7. The van der Waals surface area contributed by atoms with Gasteiger partial charge in [0.15, 0.2) is 0 Å². The van der Waals surface area contributed by atoms with E-state index in [-0.39, 0.29) is 6.04 Å². The van der Waals surface area contributed by atoms with E-state index in [1.54, 1.807) is 0 Å². The number of aryl methyl sites for hydroxylation is 1. The van der Waals surface area contributed by atoms with Gasteiger partial charge in [-0.15, -0.1) is 0 Å². The molecule has 0 saturated carbocycles. The van der Waals surface area contributed by atoms with Crippen LogP contribution in [-0.4, -0.2) is 20.1 Å². The van der Waals surface area contributed by atoms with Gasteiger partial charge < -0.3 is 16.0 Å². The second kappa shape index (κ2) is 6.29. The Balaban J connectivity index is 2.05. The van der Waals surface area contributed by atoms with Gasteiger partial charge in [0.25, 0.3) is 0 Å². The smallest absolute Gasteiger partial charge is 0.0581 e. The first-order valence-electron chi connectivity index (χ1n) is 7.59. The summed E-state index contributed by atoms with van der Waals surface area (Å²) < 4.78 is 0. The molecule has 0 amide bonds. The third-order valence-electron chi connectivity index (χ3n) is 4.12. The highest BCUT2D eigenvalue weighted by Crippen LogP contribution is 2.28. The van der Waals surface area contributed by atoms with Crippen LogP contribution in [0.2, 0.25) is 0 Å². The van der Waals surface area contributed by atoms with E-state index < -0.39 is 0 Å². The fourth-order valence-corrected chi connectivity index (χ4v) is 2.87. The fourth-order valence-electron chi connectivity index (χ4n) is 2.87. The summed E-state index contributed by atoms with van der Waals surface area (Å²) in [6.45, 7) is 5.03. The van der Waals surface area contributed by atoms with Crippen molar-refractivity contribution < 1.29 is 0 Å². The van der Waals surface area contributed by atoms with Crippen molar-refractivity contribution in [2.24, 2.45) is 0 Å². The minimum absolute atomic E-state index is 0.260. The van der Waals surface area contributed by atoms with Gasteiger partial charge >= 0.3 is 0 Å². The van der Waals surface area contributed by atoms with Crippen molar-refractivity contribution >= 4 is 5.69 Å². The van der Waals surface area contributed by atoms with Crippen molar-refractivity contribution in [1.29, 1.82) is 0 Å². The van der Waals surface area contributed by atoms with Crippen LogP contribution in [-0.2, 0) is 6.54 Å². The summed E-state index contributed by atoms with van der Waals surface area (Å²) in [6.07, 6.45) is 0. The number of anilines is 1. The molecule has 0 aromatic heterocycles. The highest BCUT2D eigenvalue weighted by molar-refractivity contribution is 5.51. The predicted molar refractivity (Wildman–Crippen MR) is 88.7 cm³/mol. The van der Waals surface area contributed by atoms with Crippen molar-refractivity contribution in [3.8, 4) is 0 Å². The Kier molecular flexibility index (Phi) is 4.23. The molecule has 3 nitrogen and oxygen atoms in total. The van der Waals surface area contributed by atoms with Crippen LogP contribution < -0.4 is 16.0 Å². The molecule has 0 saturated heterocycles. The lowest BCUT2D eigenvalue weighted by Crippen LogP contribution is -2.34. The number of hydrogen-bond acceptors (Lipinski definition) is 3. The molecule has 0 fully saturated rings. The molecule has 1 unspecified atom stereocenters. The van der Waals surface area contributed by atoms with E-state index in [0.29, 0.717) is 0 Å². The third-order valence-corrected chi connectivity index (χ3v) is 4.12. The Bertz CT molecular complexity index is 604. The van der Waals surface area contributed by atoms with Crippen LogP contribution in [0, 0.1) is 6.92 Å². The molecule has 0 radical (unpaired) electrons. The van der Waals surface area contributed by atoms with Gasteiger partial charge in [-0.25, -0.2) is 0 Å². The highest BCUT2D eigenvalue weighted by Gasteiger charge is 2.19. The van der Waals surface area contributed by atoms with E-state index in [9.17, 15) is 0 Å². The molecule has 2 aromatic carbocycles. The van der Waals surface area contributed by atoms with E-state index in [0.717, 1.165) is 25.3 Å². The van der Waals surface area contributed by atoms with Crippen molar-refractivity contribution in [2.75, 3.05) is 25.5 Å². The maximum Gasteiger partial charge on any atom is 0.0581 e. The van der Waals surface area contributed by atoms with Crippen molar-refractivity contribution in [3.05, 3.63) is 64.7 Å². The third kappa shape index (κ3) is 3.09. The largest absolute Gasteiger partial charge is 0.388 e. The Hall–Kier alpha value is -1.84. The molecule has 3 rings (SSSR count). The van der Waals surface area contributed by atoms with Crippen molar-refractivity contribution in [3.63, 3.8) is 0 Å². The maximum atomic E-state index is 3.67. The highest BCUT2D eigenvalue weighted by atomic mass is 15.0. The monoisotopic (exact) mass is 281 g/mol. The summed E-state index contributed by atoms with van der Waals surface area (Å²) in [7, 11) is 1.97. The van der Waals surface area contributed by atoms with Crippen LogP contribution in [0.5, 0.6) is 0 Å². The summed E-state index contributed by atoms with van der Waals surface area (Å²) in [4.78, 5) is 0. The van der Waals surface area contributed by atoms with E-state index in [1.165, 1.54) is 22.3 Å². The molecule has 0 aliphatic carbocycles. The first kappa shape index (κ1) is 14.1. The Morgan fingerprint density at radius 3 is 2.62 bits per heavy atom. The Morgan fingerprint density at radius 1 is 1.05 bits per heavy atom. The first-order valence-corrected chi connectivity index (χ1v) is 7.59. The van der Waals surface area contributed by atoms with Crippen molar-refractivity contribution in [2.45, 2.75) is 19.5 Å². The van der Waals surface area contributed by atoms with Crippen LogP contribution in [0.15, 0.2) is 42.5 Å². The molecule has 1 aliphatic heterocycles. The molecule has 3 heteroatoms. The first-order chi connectivity index (χ1) is 10.3. The lowest BCUT2D eigenvalue weighted by atomic mass is 9.92. The summed E-state index contributed by atoms with van der Waals surface area (Å²) in [5, 5.41) is 10.4. The number of nitrogens with one attached hydrogen (secondary N) is 3. The molecule has 110 valence electrons. The molecular weight excluding hydrogens is 258 g/mol. The molecule has 0 bridgehead atoms. The normalized spacial score (nSPS) is 18.5. The van der Waals surface area contributed by atoms with Gasteiger partial charge in [-0.2, -0.15) is 0 Å². The number of fused-ring (bicyclic) bond motifs is 1. The zero-order chi connectivity index (χ0) is 14.7. The molecular formula is C18H23N3. The average Bonchev–Trinajstić information content (AvgIpc) is 2.49. The van der Waals surface area contributed by atoms with Gasteiger partial charge in [-0.05, 0) is 35.7 Å². The lowest BCUT2D eigenvalue weighted by Gasteiger charge is -2.26. The number of hydrogen-bond donors (Lipinski definition) is 3. The number of benzene rings is 2. The molecule has 3 N–H and O–H groups in total. The Labute approximate surface area is 126 Å². The average molecular weight is 281 g/mol. The lowest BCUT2D eigenvalue weighted by molar-refractivity contribution is 0.539. The van der Waals surface area contributed by atoms with Crippen LogP contribution in [0.1, 0.15) is 28.3 Å². The number of rotatable bonds is 2. The van der Waals surface area contributed by atoms with E-state index >= 15 is 0 Å². The Morgan fingerprint density at radius 2 is 1.86 bits per heavy atom. The van der Waals surface area contributed by atoms with Gasteiger partial charge in [-0.3, -0.25) is 0 Å². The van der Waals surface area contributed by atoms with E-state index in [2.05, 4.69) is 65.3 Å². The predicted octanol–water partition coefficient (Wildman–Crippen LogP) is 2.82. The van der Waals surface area contributed by atoms with Crippen LogP contribution in [0.25, 0.3) is 0 Å². The van der Waals surface area contributed by atoms with Crippen LogP contribution >= 0.6 is 0 Å². The van der Waals surface area contributed by atoms with E-state index in [1.807, 2.05) is 7.05 Å². The topological polar surface area (TPSA) is 36.1 Å². The fraction of sp³-hybridized carbons (Fsp3) is 0.333. The molecule has 1 aliphatic rings. The second-order valence-corrected chi connectivity index (χ2v) is 5.64. The van der Waals surface area contributed by atoms with Gasteiger partial charge in [0, 0.05) is 32.4 Å². The van der Waals surface area contributed by atoms with Crippen molar-refractivity contribution in [1.82, 2.24) is 10.6 Å². The van der Waals surface area contributed by atoms with Crippen LogP contribution in [0.3, 0.4) is 0 Å². The molecule has 1 atom stereocenters. The molecule has 21 heavy (non-hydrogen) atoms. The van der Waals surface area contributed by atoms with Gasteiger partial charge in [0.1, 0.15) is 0 Å². The second-order valence-electron chi connectivity index (χ2n) is 5.64. The SMILES string of the molecule is CNc1ccc2c(c1)C(c1ccc(C)cc1)NCCNC2. The van der Waals surface area contributed by atoms with Crippen LogP contribution in [0.4, 0.5) is 5.69 Å². The zero-order valence-corrected chi connectivity index (χ0v) is 12.7. The quantitative estimate of drug-likeness (QED) is 0.792. The van der Waals surface area contributed by atoms with Gasteiger partial charge in [0.2, 0.25) is 0 Å². The molecule has 1 heterocycles. The van der Waals surface area contributed by atoms with Gasteiger partial charge in [-0.1, -0.05) is 35.9 Å². The minimum Gasteiger partial charge on any atom is -0.388 e. The van der Waals surface area contributed by atoms with Gasteiger partial charge in [0.05, 0.1) is 6.04 Å². The summed E-state index contributed by atoms with van der Waals surface area (Å²) in [6, 6.07) is 15.7. The summed E-state index contributed by atoms with van der Waals surface area (Å²) in [5.41, 5.74) is 6.52. The maximum absolute atomic E-state index is 3.67. The summed E-state index contributed by atoms with van der Waals surface area (Å²) >= 11 is 0. The standard InChI is InChI=1S/C18H23N3/c1-13-3-5-14(6-4-13)18-17-11-16(19-2)8-7-15(17)12-20-9-10-21-18/h3-8,11,18-21H,9-10,12H2,1-2H3. The van der Waals surface area contributed by atoms with E-state index in [4.69, 9.17) is 0 Å². The summed E-state index contributed by atoms with van der Waals surface area (Å²) in [5.74, 6) is 0. The molecule has 0 spiro atoms. The minimum atomic E-state index is 0.260. The molecule has 2 aromatic rings.